The van der Waals surface area contributed by atoms with E-state index in [1.165, 1.54) is 6.07 Å². The number of hydrogen-bond acceptors (Lipinski definition) is 3. The zero-order valence-corrected chi connectivity index (χ0v) is 15.9. The summed E-state index contributed by atoms with van der Waals surface area (Å²) in [4.78, 5) is 18.0. The highest BCUT2D eigenvalue weighted by molar-refractivity contribution is 5.85. The number of fused-ring (bicyclic) bond motifs is 1. The number of likely N-dealkylation sites (tertiary alicyclic amines) is 1. The molecule has 0 bridgehead atoms. The topological polar surface area (TPSA) is 50.2 Å². The molecule has 1 aromatic carbocycles. The Kier molecular flexibility index (Phi) is 7.11. The summed E-state index contributed by atoms with van der Waals surface area (Å²) in [6.07, 6.45) is -1.75. The molecular weight excluding hydrogens is 381 g/mol. The van der Waals surface area contributed by atoms with E-state index in [0.29, 0.717) is 24.5 Å². The summed E-state index contributed by atoms with van der Waals surface area (Å²) in [5, 5.41) is 3.12. The van der Waals surface area contributed by atoms with Crippen LogP contribution in [0.2, 0.25) is 0 Å². The Morgan fingerprint density at radius 1 is 1.26 bits per heavy atom. The van der Waals surface area contributed by atoms with Gasteiger partial charge in [0.25, 0.3) is 0 Å². The Hall–Kier alpha value is -1.80. The van der Waals surface area contributed by atoms with Crippen molar-refractivity contribution in [1.29, 1.82) is 0 Å². The predicted octanol–water partition coefficient (Wildman–Crippen LogP) is 3.33. The smallest absolute Gasteiger partial charge is 0.341 e. The summed E-state index contributed by atoms with van der Waals surface area (Å²) >= 11 is 0. The first-order valence-corrected chi connectivity index (χ1v) is 8.85. The molecule has 150 valence electrons. The molecule has 9 heteroatoms. The number of imidazole rings is 1. The highest BCUT2D eigenvalue weighted by Gasteiger charge is 2.38. The number of nitrogens with one attached hydrogen (secondary N) is 1. The third-order valence-electron chi connectivity index (χ3n) is 4.97. The van der Waals surface area contributed by atoms with Crippen LogP contribution in [0.4, 0.5) is 13.2 Å². The average molecular weight is 405 g/mol. The molecule has 1 amide bonds. The number of hydrogen-bond donors (Lipinski definition) is 1. The van der Waals surface area contributed by atoms with Crippen molar-refractivity contribution in [1.82, 2.24) is 19.8 Å². The second-order valence-electron chi connectivity index (χ2n) is 6.72. The summed E-state index contributed by atoms with van der Waals surface area (Å²) in [6.45, 7) is 1.80. The minimum absolute atomic E-state index is 0. The Morgan fingerprint density at radius 2 is 1.93 bits per heavy atom. The molecule has 0 atom stereocenters. The SMILES string of the molecule is CNCCC1CCN(C(=O)Cn2c(C(F)(F)F)nc3ccccc32)CC1.Cl. The zero-order chi connectivity index (χ0) is 18.7. The van der Waals surface area contributed by atoms with Crippen LogP contribution in [0.5, 0.6) is 0 Å². The molecule has 2 heterocycles. The van der Waals surface area contributed by atoms with Crippen molar-refractivity contribution in [3.63, 3.8) is 0 Å². The van der Waals surface area contributed by atoms with Crippen LogP contribution in [0, 0.1) is 5.92 Å². The Morgan fingerprint density at radius 3 is 2.56 bits per heavy atom. The molecule has 1 aliphatic rings. The number of carbonyl (C=O) groups is 1. The van der Waals surface area contributed by atoms with Gasteiger partial charge in [-0.3, -0.25) is 4.79 Å². The minimum atomic E-state index is -4.60. The number of alkyl halides is 3. The van der Waals surface area contributed by atoms with Crippen LogP contribution < -0.4 is 5.32 Å². The maximum Gasteiger partial charge on any atom is 0.449 e. The molecule has 3 rings (SSSR count). The molecule has 1 aliphatic heterocycles. The molecule has 0 aliphatic carbocycles. The summed E-state index contributed by atoms with van der Waals surface area (Å²) in [5.41, 5.74) is 0.579. The van der Waals surface area contributed by atoms with E-state index in [2.05, 4.69) is 10.3 Å². The number of benzene rings is 1. The van der Waals surface area contributed by atoms with Gasteiger partial charge in [-0.1, -0.05) is 12.1 Å². The highest BCUT2D eigenvalue weighted by atomic mass is 35.5. The van der Waals surface area contributed by atoms with Gasteiger partial charge < -0.3 is 14.8 Å². The molecule has 0 spiro atoms. The summed E-state index contributed by atoms with van der Waals surface area (Å²) in [7, 11) is 1.91. The van der Waals surface area contributed by atoms with E-state index < -0.39 is 12.0 Å². The van der Waals surface area contributed by atoms with Gasteiger partial charge in [0, 0.05) is 13.1 Å². The number of carbonyl (C=O) groups excluding carboxylic acids is 1. The number of aromatic nitrogens is 2. The minimum Gasteiger partial charge on any atom is -0.341 e. The maximum absolute atomic E-state index is 13.3. The Balaban J connectivity index is 0.00000261. The van der Waals surface area contributed by atoms with E-state index in [4.69, 9.17) is 0 Å². The van der Waals surface area contributed by atoms with Gasteiger partial charge in [-0.2, -0.15) is 13.2 Å². The predicted molar refractivity (Wildman–Crippen MR) is 99.8 cm³/mol. The number of para-hydroxylation sites is 2. The van der Waals surface area contributed by atoms with Crippen LogP contribution in [0.1, 0.15) is 25.1 Å². The van der Waals surface area contributed by atoms with E-state index in [0.717, 1.165) is 30.4 Å². The fourth-order valence-electron chi connectivity index (χ4n) is 3.51. The molecule has 0 radical (unpaired) electrons. The monoisotopic (exact) mass is 404 g/mol. The molecule has 1 aromatic heterocycles. The van der Waals surface area contributed by atoms with Gasteiger partial charge in [-0.15, -0.1) is 12.4 Å². The lowest BCUT2D eigenvalue weighted by Gasteiger charge is -2.32. The van der Waals surface area contributed by atoms with Crippen LogP contribution in [0.25, 0.3) is 11.0 Å². The van der Waals surface area contributed by atoms with E-state index in [9.17, 15) is 18.0 Å². The highest BCUT2D eigenvalue weighted by Crippen LogP contribution is 2.31. The second kappa shape index (κ2) is 8.93. The average Bonchev–Trinajstić information content (AvgIpc) is 2.99. The van der Waals surface area contributed by atoms with Crippen LogP contribution >= 0.6 is 12.4 Å². The first-order valence-electron chi connectivity index (χ1n) is 8.85. The third kappa shape index (κ3) is 4.93. The number of rotatable bonds is 5. The first kappa shape index (κ1) is 21.5. The van der Waals surface area contributed by atoms with Crippen LogP contribution in [0.3, 0.4) is 0 Å². The summed E-state index contributed by atoms with van der Waals surface area (Å²) < 4.78 is 41.0. The number of halogens is 4. The van der Waals surface area contributed by atoms with Crippen LogP contribution in [-0.4, -0.2) is 47.0 Å². The van der Waals surface area contributed by atoms with Crippen molar-refractivity contribution in [2.45, 2.75) is 32.0 Å². The molecule has 27 heavy (non-hydrogen) atoms. The normalized spacial score (nSPS) is 15.8. The summed E-state index contributed by atoms with van der Waals surface area (Å²) in [5.74, 6) is -0.743. The first-order chi connectivity index (χ1) is 12.4. The molecule has 1 saturated heterocycles. The number of nitrogens with zero attached hydrogens (tertiary/aromatic N) is 3. The van der Waals surface area contributed by atoms with E-state index in [1.54, 1.807) is 23.1 Å². The zero-order valence-electron chi connectivity index (χ0n) is 15.1. The Bertz CT molecular complexity index is 770. The fourth-order valence-corrected chi connectivity index (χ4v) is 3.51. The van der Waals surface area contributed by atoms with Gasteiger partial charge in [-0.05, 0) is 50.9 Å². The van der Waals surface area contributed by atoms with Gasteiger partial charge in [0.1, 0.15) is 6.54 Å². The standard InChI is InChI=1S/C18H23F3N4O.ClH/c1-22-9-6-13-7-10-24(11-8-13)16(26)12-25-15-5-3-2-4-14(15)23-17(25)18(19,20)21;/h2-5,13,22H,6-12H2,1H3;1H. The van der Waals surface area contributed by atoms with Gasteiger partial charge >= 0.3 is 6.18 Å². The van der Waals surface area contributed by atoms with Crippen molar-refractivity contribution >= 4 is 29.3 Å². The van der Waals surface area contributed by atoms with E-state index >= 15 is 0 Å². The second-order valence-corrected chi connectivity index (χ2v) is 6.72. The van der Waals surface area contributed by atoms with Crippen molar-refractivity contribution in [2.24, 2.45) is 5.92 Å². The van der Waals surface area contributed by atoms with Gasteiger partial charge in [-0.25, -0.2) is 4.98 Å². The third-order valence-corrected chi connectivity index (χ3v) is 4.97. The molecule has 2 aromatic rings. The number of piperidine rings is 1. The lowest BCUT2D eigenvalue weighted by molar-refractivity contribution is -0.148. The van der Waals surface area contributed by atoms with Crippen molar-refractivity contribution in [3.05, 3.63) is 30.1 Å². The van der Waals surface area contributed by atoms with Crippen molar-refractivity contribution in [2.75, 3.05) is 26.7 Å². The van der Waals surface area contributed by atoms with Crippen molar-refractivity contribution in [3.8, 4) is 0 Å². The molecule has 1 fully saturated rings. The van der Waals surface area contributed by atoms with E-state index in [1.807, 2.05) is 7.05 Å². The maximum atomic E-state index is 13.3. The lowest BCUT2D eigenvalue weighted by Crippen LogP contribution is -2.41. The lowest BCUT2D eigenvalue weighted by atomic mass is 9.93. The van der Waals surface area contributed by atoms with Gasteiger partial charge in [0.2, 0.25) is 11.7 Å². The fraction of sp³-hybridized carbons (Fsp3) is 0.556. The van der Waals surface area contributed by atoms with Crippen LogP contribution in [-0.2, 0) is 17.5 Å². The molecular formula is C18H24ClF3N4O. The summed E-state index contributed by atoms with van der Waals surface area (Å²) in [6, 6.07) is 6.38. The molecule has 5 nitrogen and oxygen atoms in total. The Labute approximate surface area is 162 Å². The largest absolute Gasteiger partial charge is 0.449 e. The molecule has 0 saturated carbocycles. The molecule has 0 unspecified atom stereocenters. The van der Waals surface area contributed by atoms with Gasteiger partial charge in [0.05, 0.1) is 11.0 Å². The van der Waals surface area contributed by atoms with Crippen molar-refractivity contribution < 1.29 is 18.0 Å². The van der Waals surface area contributed by atoms with E-state index in [-0.39, 0.29) is 30.4 Å². The van der Waals surface area contributed by atoms with Crippen LogP contribution in [0.15, 0.2) is 24.3 Å². The molecule has 1 N–H and O–H groups in total. The number of amides is 1. The quantitative estimate of drug-likeness (QED) is 0.831. The van der Waals surface area contributed by atoms with Gasteiger partial charge in [0.15, 0.2) is 0 Å².